The molecule has 0 bridgehead atoms. The summed E-state index contributed by atoms with van der Waals surface area (Å²) >= 11 is 0. The molecule has 1 fully saturated rings. The molecule has 0 heterocycles. The van der Waals surface area contributed by atoms with Crippen molar-refractivity contribution in [3.63, 3.8) is 0 Å². The van der Waals surface area contributed by atoms with Gasteiger partial charge < -0.3 is 5.73 Å². The van der Waals surface area contributed by atoms with Gasteiger partial charge in [-0.3, -0.25) is 0 Å². The minimum Gasteiger partial charge on any atom is -0.325 e. The predicted molar refractivity (Wildman–Crippen MR) is 40.4 cm³/mol. The Hall–Kier alpha value is -0.110. The van der Waals surface area contributed by atoms with Gasteiger partial charge in [-0.05, 0) is 24.7 Å². The van der Waals surface area contributed by atoms with Crippen LogP contribution in [0.5, 0.6) is 0 Å². The van der Waals surface area contributed by atoms with Crippen molar-refractivity contribution in [1.29, 1.82) is 0 Å². The molecule has 10 heavy (non-hydrogen) atoms. The maximum atomic E-state index is 13.0. The molecule has 1 saturated carbocycles. The molecular formula is C8H16FN. The fraction of sp³-hybridized carbons (Fsp3) is 1.00. The van der Waals surface area contributed by atoms with Gasteiger partial charge in [-0.15, -0.1) is 0 Å². The molecule has 1 rings (SSSR count). The van der Waals surface area contributed by atoms with E-state index in [-0.39, 0.29) is 12.0 Å². The third-order valence-corrected chi connectivity index (χ3v) is 2.40. The quantitative estimate of drug-likeness (QED) is 0.552. The van der Waals surface area contributed by atoms with Crippen molar-refractivity contribution in [3.05, 3.63) is 0 Å². The molecule has 2 heteroatoms. The van der Waals surface area contributed by atoms with E-state index in [4.69, 9.17) is 5.73 Å². The normalized spacial score (nSPS) is 49.2. The van der Waals surface area contributed by atoms with Gasteiger partial charge >= 0.3 is 0 Å². The van der Waals surface area contributed by atoms with Crippen LogP contribution in [0.1, 0.15) is 26.7 Å². The first-order chi connectivity index (χ1) is 4.61. The molecule has 0 aromatic carbocycles. The van der Waals surface area contributed by atoms with Crippen LogP contribution in [0.15, 0.2) is 0 Å². The number of hydrogen-bond acceptors (Lipinski definition) is 1. The zero-order valence-electron chi connectivity index (χ0n) is 6.68. The van der Waals surface area contributed by atoms with Crippen LogP contribution in [0.4, 0.5) is 4.39 Å². The molecular weight excluding hydrogens is 129 g/mol. The second-order valence-corrected chi connectivity index (χ2v) is 3.66. The minimum atomic E-state index is -0.767. The lowest BCUT2D eigenvalue weighted by Gasteiger charge is -2.32. The van der Waals surface area contributed by atoms with Crippen LogP contribution >= 0.6 is 0 Å². The Labute approximate surface area is 61.8 Å². The molecule has 0 unspecified atom stereocenters. The lowest BCUT2D eigenvalue weighted by molar-refractivity contribution is 0.122. The second-order valence-electron chi connectivity index (χ2n) is 3.66. The van der Waals surface area contributed by atoms with Gasteiger partial charge in [0, 0.05) is 6.04 Å². The Morgan fingerprint density at radius 2 is 1.90 bits per heavy atom. The highest BCUT2D eigenvalue weighted by atomic mass is 19.1. The number of halogens is 1. The van der Waals surface area contributed by atoms with Crippen LogP contribution in [0.25, 0.3) is 0 Å². The Balaban J connectivity index is 2.49. The van der Waals surface area contributed by atoms with Gasteiger partial charge in [-0.1, -0.05) is 13.8 Å². The first kappa shape index (κ1) is 7.99. The summed E-state index contributed by atoms with van der Waals surface area (Å²) in [6.45, 7) is 4.09. The van der Waals surface area contributed by atoms with Gasteiger partial charge in [-0.2, -0.15) is 0 Å². The minimum absolute atomic E-state index is 0.166. The van der Waals surface area contributed by atoms with Crippen LogP contribution in [0.2, 0.25) is 0 Å². The Morgan fingerprint density at radius 1 is 1.30 bits per heavy atom. The van der Waals surface area contributed by atoms with Crippen LogP contribution in [0.3, 0.4) is 0 Å². The molecule has 0 saturated heterocycles. The van der Waals surface area contributed by atoms with Gasteiger partial charge in [0.25, 0.3) is 0 Å². The van der Waals surface area contributed by atoms with E-state index in [1.165, 1.54) is 0 Å². The van der Waals surface area contributed by atoms with Crippen molar-refractivity contribution in [2.45, 2.75) is 38.9 Å². The van der Waals surface area contributed by atoms with E-state index >= 15 is 0 Å². The molecule has 1 aliphatic rings. The van der Waals surface area contributed by atoms with E-state index in [1.807, 2.05) is 6.92 Å². The predicted octanol–water partition coefficient (Wildman–Crippen LogP) is 1.72. The number of alkyl halides is 1. The van der Waals surface area contributed by atoms with Gasteiger partial charge in [0.05, 0.1) is 0 Å². The highest BCUT2D eigenvalue weighted by Crippen LogP contribution is 2.29. The highest BCUT2D eigenvalue weighted by Gasteiger charge is 2.31. The fourth-order valence-corrected chi connectivity index (χ4v) is 1.88. The molecule has 4 atom stereocenters. The molecule has 0 amide bonds. The maximum absolute atomic E-state index is 13.0. The zero-order chi connectivity index (χ0) is 7.72. The van der Waals surface area contributed by atoms with E-state index in [0.717, 1.165) is 12.8 Å². The maximum Gasteiger partial charge on any atom is 0.118 e. The molecule has 0 aromatic heterocycles. The summed E-state index contributed by atoms with van der Waals surface area (Å²) in [5, 5.41) is 0. The lowest BCUT2D eigenvalue weighted by Crippen LogP contribution is -2.42. The van der Waals surface area contributed by atoms with E-state index in [2.05, 4.69) is 6.92 Å². The average Bonchev–Trinajstić information content (AvgIpc) is 1.82. The first-order valence-corrected chi connectivity index (χ1v) is 4.01. The average molecular weight is 145 g/mol. The van der Waals surface area contributed by atoms with Crippen LogP contribution in [-0.4, -0.2) is 12.2 Å². The molecule has 1 nitrogen and oxygen atoms in total. The standard InChI is InChI=1S/C8H16FN/c1-5-3-6(2)8(9)7(10)4-5/h5-8H,3-4,10H2,1-2H3/t5-,6+,7+,8-/m1/s1. The van der Waals surface area contributed by atoms with Crippen LogP contribution in [0, 0.1) is 11.8 Å². The van der Waals surface area contributed by atoms with E-state index in [9.17, 15) is 4.39 Å². The topological polar surface area (TPSA) is 26.0 Å². The van der Waals surface area contributed by atoms with E-state index in [0.29, 0.717) is 5.92 Å². The molecule has 1 aliphatic carbocycles. The van der Waals surface area contributed by atoms with Gasteiger partial charge in [-0.25, -0.2) is 4.39 Å². The SMILES string of the molecule is C[C@@H]1C[C@H](C)[C@@H](F)[C@@H](N)C1. The molecule has 0 radical (unpaired) electrons. The monoisotopic (exact) mass is 145 g/mol. The summed E-state index contributed by atoms with van der Waals surface area (Å²) in [7, 11) is 0. The van der Waals surface area contributed by atoms with Crippen molar-refractivity contribution in [2.75, 3.05) is 0 Å². The van der Waals surface area contributed by atoms with E-state index in [1.54, 1.807) is 0 Å². The molecule has 0 aromatic rings. The summed E-state index contributed by atoms with van der Waals surface area (Å²) in [6.07, 6.45) is 1.08. The second kappa shape index (κ2) is 2.87. The Bertz CT molecular complexity index is 104. The molecule has 0 spiro atoms. The fourth-order valence-electron chi connectivity index (χ4n) is 1.88. The van der Waals surface area contributed by atoms with Crippen molar-refractivity contribution in [1.82, 2.24) is 0 Å². The number of rotatable bonds is 0. The third kappa shape index (κ3) is 1.48. The number of hydrogen-bond donors (Lipinski definition) is 1. The smallest absolute Gasteiger partial charge is 0.118 e. The van der Waals surface area contributed by atoms with Gasteiger partial charge in [0.1, 0.15) is 6.17 Å². The summed E-state index contributed by atoms with van der Waals surface area (Å²) in [6, 6.07) is -0.209. The Morgan fingerprint density at radius 3 is 2.40 bits per heavy atom. The summed E-state index contributed by atoms with van der Waals surface area (Å²) < 4.78 is 13.0. The molecule has 60 valence electrons. The lowest BCUT2D eigenvalue weighted by atomic mass is 9.79. The van der Waals surface area contributed by atoms with Crippen molar-refractivity contribution in [3.8, 4) is 0 Å². The summed E-state index contributed by atoms with van der Waals surface area (Å²) in [5.41, 5.74) is 5.58. The summed E-state index contributed by atoms with van der Waals surface area (Å²) in [5.74, 6) is 0.774. The van der Waals surface area contributed by atoms with Crippen molar-refractivity contribution >= 4 is 0 Å². The number of nitrogens with two attached hydrogens (primary N) is 1. The highest BCUT2D eigenvalue weighted by molar-refractivity contribution is 4.85. The molecule has 0 aliphatic heterocycles. The largest absolute Gasteiger partial charge is 0.325 e. The van der Waals surface area contributed by atoms with Crippen molar-refractivity contribution < 1.29 is 4.39 Å². The summed E-state index contributed by atoms with van der Waals surface area (Å²) in [4.78, 5) is 0. The Kier molecular flexibility index (Phi) is 2.29. The van der Waals surface area contributed by atoms with Gasteiger partial charge in [0.2, 0.25) is 0 Å². The van der Waals surface area contributed by atoms with E-state index < -0.39 is 6.17 Å². The van der Waals surface area contributed by atoms with Crippen molar-refractivity contribution in [2.24, 2.45) is 17.6 Å². The first-order valence-electron chi connectivity index (χ1n) is 4.01. The zero-order valence-corrected chi connectivity index (χ0v) is 6.68. The van der Waals surface area contributed by atoms with Crippen LogP contribution < -0.4 is 5.73 Å². The molecule has 2 N–H and O–H groups in total. The van der Waals surface area contributed by atoms with Crippen LogP contribution in [-0.2, 0) is 0 Å². The third-order valence-electron chi connectivity index (χ3n) is 2.40. The van der Waals surface area contributed by atoms with Gasteiger partial charge in [0.15, 0.2) is 0 Å².